The van der Waals surface area contributed by atoms with Gasteiger partial charge in [-0.25, -0.2) is 19.5 Å². The first kappa shape index (κ1) is 30.2. The number of hydrogen-bond acceptors (Lipinski definition) is 9. The molecule has 0 aliphatic rings. The standard InChI is InChI=1S/C22H44O9/c1-10-14-15-22(13-4,30-25-18(7)11-2)20(23)27-31-29-21(9,12-3)28-26-19(8)24-16-17(5)6/h17-19H,10-16H2,1-9H3. The molecule has 31 heavy (non-hydrogen) atoms. The van der Waals surface area contributed by atoms with Crippen LogP contribution in [-0.4, -0.2) is 36.4 Å². The number of ether oxygens (including phenoxy) is 1. The van der Waals surface area contributed by atoms with E-state index in [4.69, 9.17) is 39.1 Å². The lowest BCUT2D eigenvalue weighted by Gasteiger charge is -2.30. The SMILES string of the molecule is CCCCC(CC)(OOC(C)CC)C(=O)OOOC(C)(CC)OOC(C)OCC(C)C. The third-order valence-corrected chi connectivity index (χ3v) is 4.81. The summed E-state index contributed by atoms with van der Waals surface area (Å²) in [5.74, 6) is -1.69. The fourth-order valence-corrected chi connectivity index (χ4v) is 2.12. The van der Waals surface area contributed by atoms with Crippen molar-refractivity contribution in [1.82, 2.24) is 0 Å². The summed E-state index contributed by atoms with van der Waals surface area (Å²) in [5, 5.41) is 4.77. The quantitative estimate of drug-likeness (QED) is 0.142. The Morgan fingerprint density at radius 1 is 0.903 bits per heavy atom. The molecule has 0 bridgehead atoms. The van der Waals surface area contributed by atoms with Crippen molar-refractivity contribution < 1.29 is 43.9 Å². The Morgan fingerprint density at radius 2 is 1.58 bits per heavy atom. The molecular weight excluding hydrogens is 408 g/mol. The van der Waals surface area contributed by atoms with Crippen molar-refractivity contribution in [3.05, 3.63) is 0 Å². The molecular formula is C22H44O9. The van der Waals surface area contributed by atoms with Crippen LogP contribution in [0.5, 0.6) is 0 Å². The van der Waals surface area contributed by atoms with Gasteiger partial charge >= 0.3 is 5.97 Å². The largest absolute Gasteiger partial charge is 0.380 e. The molecule has 0 amide bonds. The predicted molar refractivity (Wildman–Crippen MR) is 114 cm³/mol. The van der Waals surface area contributed by atoms with Gasteiger partial charge in [-0.15, -0.1) is 0 Å². The van der Waals surface area contributed by atoms with Crippen LogP contribution in [0.2, 0.25) is 0 Å². The van der Waals surface area contributed by atoms with Gasteiger partial charge in [-0.05, 0) is 51.0 Å². The second kappa shape index (κ2) is 15.9. The molecule has 0 rings (SSSR count). The lowest BCUT2D eigenvalue weighted by molar-refractivity contribution is -0.595. The fraction of sp³-hybridized carbons (Fsp3) is 0.955. The molecule has 186 valence electrons. The average molecular weight is 453 g/mol. The van der Waals surface area contributed by atoms with Crippen LogP contribution in [0, 0.1) is 5.92 Å². The third kappa shape index (κ3) is 12.1. The van der Waals surface area contributed by atoms with Crippen molar-refractivity contribution in [2.24, 2.45) is 5.92 Å². The summed E-state index contributed by atoms with van der Waals surface area (Å²) in [5.41, 5.74) is -1.29. The van der Waals surface area contributed by atoms with Crippen LogP contribution >= 0.6 is 0 Å². The number of carbonyl (C=O) groups excluding carboxylic acids is 1. The van der Waals surface area contributed by atoms with Gasteiger partial charge in [0.1, 0.15) is 0 Å². The van der Waals surface area contributed by atoms with Crippen LogP contribution in [0.3, 0.4) is 0 Å². The van der Waals surface area contributed by atoms with Crippen molar-refractivity contribution in [2.75, 3.05) is 6.61 Å². The Balaban J connectivity index is 4.81. The zero-order chi connectivity index (χ0) is 23.9. The highest BCUT2D eigenvalue weighted by atomic mass is 17.5. The van der Waals surface area contributed by atoms with E-state index in [1.54, 1.807) is 20.8 Å². The molecule has 0 fully saturated rings. The zero-order valence-electron chi connectivity index (χ0n) is 20.9. The van der Waals surface area contributed by atoms with Gasteiger partial charge in [0, 0.05) is 6.42 Å². The minimum absolute atomic E-state index is 0.161. The second-order valence-electron chi connectivity index (χ2n) is 8.33. The van der Waals surface area contributed by atoms with E-state index in [1.165, 1.54) is 0 Å². The molecule has 0 saturated heterocycles. The van der Waals surface area contributed by atoms with Crippen molar-refractivity contribution >= 4 is 5.97 Å². The molecule has 0 aliphatic carbocycles. The molecule has 0 radical (unpaired) electrons. The Bertz CT molecular complexity index is 474. The van der Waals surface area contributed by atoms with E-state index in [9.17, 15) is 4.79 Å². The Kier molecular flexibility index (Phi) is 15.5. The van der Waals surface area contributed by atoms with Crippen molar-refractivity contribution in [3.63, 3.8) is 0 Å². The molecule has 0 aromatic heterocycles. The topological polar surface area (TPSA) is 90.9 Å². The van der Waals surface area contributed by atoms with E-state index in [2.05, 4.69) is 0 Å². The highest BCUT2D eigenvalue weighted by molar-refractivity contribution is 5.78. The van der Waals surface area contributed by atoms with E-state index in [-0.39, 0.29) is 6.10 Å². The van der Waals surface area contributed by atoms with Crippen LogP contribution in [0.15, 0.2) is 0 Å². The summed E-state index contributed by atoms with van der Waals surface area (Å²) in [6, 6.07) is 0. The van der Waals surface area contributed by atoms with Gasteiger partial charge in [0.15, 0.2) is 6.29 Å². The van der Waals surface area contributed by atoms with Gasteiger partial charge in [-0.2, -0.15) is 9.78 Å². The summed E-state index contributed by atoms with van der Waals surface area (Å²) < 4.78 is 5.48. The van der Waals surface area contributed by atoms with Gasteiger partial charge in [0.05, 0.1) is 12.7 Å². The molecule has 0 N–H and O–H groups in total. The normalized spacial score (nSPS) is 17.7. The third-order valence-electron chi connectivity index (χ3n) is 4.81. The molecule has 0 spiro atoms. The first-order chi connectivity index (χ1) is 14.6. The minimum atomic E-state index is -1.32. The molecule has 0 saturated carbocycles. The predicted octanol–water partition coefficient (Wildman–Crippen LogP) is 5.57. The fourth-order valence-electron chi connectivity index (χ4n) is 2.12. The van der Waals surface area contributed by atoms with Crippen LogP contribution in [0.25, 0.3) is 0 Å². The highest BCUT2D eigenvalue weighted by Gasteiger charge is 2.43. The van der Waals surface area contributed by atoms with Crippen molar-refractivity contribution in [1.29, 1.82) is 0 Å². The average Bonchev–Trinajstić information content (AvgIpc) is 2.76. The molecule has 4 unspecified atom stereocenters. The summed E-state index contributed by atoms with van der Waals surface area (Å²) >= 11 is 0. The van der Waals surface area contributed by atoms with Gasteiger partial charge in [0.2, 0.25) is 11.4 Å². The Morgan fingerprint density at radius 3 is 2.10 bits per heavy atom. The summed E-state index contributed by atoms with van der Waals surface area (Å²) in [6.45, 7) is 17.4. The number of carbonyl (C=O) groups is 1. The molecule has 4 atom stereocenters. The smallest absolute Gasteiger partial charge is 0.350 e. The maximum absolute atomic E-state index is 12.8. The van der Waals surface area contributed by atoms with Gasteiger partial charge in [-0.3, -0.25) is 4.89 Å². The first-order valence-corrected chi connectivity index (χ1v) is 11.4. The van der Waals surface area contributed by atoms with E-state index in [1.807, 2.05) is 41.5 Å². The van der Waals surface area contributed by atoms with E-state index in [0.717, 1.165) is 19.3 Å². The number of unbranched alkanes of at least 4 members (excludes halogenated alkanes) is 1. The Labute approximate surface area is 187 Å². The summed E-state index contributed by atoms with van der Waals surface area (Å²) in [6.07, 6.45) is 2.74. The minimum Gasteiger partial charge on any atom is -0.350 e. The first-order valence-electron chi connectivity index (χ1n) is 11.4. The van der Waals surface area contributed by atoms with Crippen molar-refractivity contribution in [2.45, 2.75) is 125 Å². The zero-order valence-corrected chi connectivity index (χ0v) is 20.9. The molecule has 9 heteroatoms. The van der Waals surface area contributed by atoms with Gasteiger partial charge < -0.3 is 4.74 Å². The maximum Gasteiger partial charge on any atom is 0.380 e. The second-order valence-corrected chi connectivity index (χ2v) is 8.33. The van der Waals surface area contributed by atoms with Gasteiger partial charge in [-0.1, -0.05) is 54.4 Å². The molecule has 0 heterocycles. The van der Waals surface area contributed by atoms with E-state index in [0.29, 0.717) is 31.8 Å². The monoisotopic (exact) mass is 452 g/mol. The highest BCUT2D eigenvalue weighted by Crippen LogP contribution is 2.28. The van der Waals surface area contributed by atoms with E-state index >= 15 is 0 Å². The van der Waals surface area contributed by atoms with Crippen LogP contribution in [-0.2, 0) is 43.9 Å². The van der Waals surface area contributed by atoms with E-state index < -0.39 is 23.6 Å². The molecule has 0 aromatic rings. The summed E-state index contributed by atoms with van der Waals surface area (Å²) in [7, 11) is 0. The molecule has 0 aromatic carbocycles. The maximum atomic E-state index is 12.8. The molecule has 0 aliphatic heterocycles. The summed E-state index contributed by atoms with van der Waals surface area (Å²) in [4.78, 5) is 44.3. The Hall–Kier alpha value is -0.810. The molecule has 9 nitrogen and oxygen atoms in total. The van der Waals surface area contributed by atoms with Gasteiger partial charge in [0.25, 0.3) is 0 Å². The van der Waals surface area contributed by atoms with Crippen LogP contribution in [0.1, 0.15) is 101 Å². The lowest BCUT2D eigenvalue weighted by Crippen LogP contribution is -2.44. The van der Waals surface area contributed by atoms with Crippen LogP contribution < -0.4 is 0 Å². The number of hydrogen-bond donors (Lipinski definition) is 0. The number of rotatable bonds is 19. The van der Waals surface area contributed by atoms with Crippen LogP contribution in [0.4, 0.5) is 0 Å². The lowest BCUT2D eigenvalue weighted by atomic mass is 9.94. The van der Waals surface area contributed by atoms with Crippen molar-refractivity contribution in [3.8, 4) is 0 Å².